The Labute approximate surface area is 131 Å². The summed E-state index contributed by atoms with van der Waals surface area (Å²) in [6.07, 6.45) is 0. The smallest absolute Gasteiger partial charge is 0.248 e. The molecule has 0 aliphatic carbocycles. The van der Waals surface area contributed by atoms with Gasteiger partial charge in [-0.15, -0.1) is 21.5 Å². The summed E-state index contributed by atoms with van der Waals surface area (Å²) in [5.74, 6) is 0.0497. The number of rotatable bonds is 4. The molecule has 21 heavy (non-hydrogen) atoms. The molecule has 1 saturated heterocycles. The average molecular weight is 324 g/mol. The van der Waals surface area contributed by atoms with Gasteiger partial charge in [-0.3, -0.25) is 4.79 Å². The van der Waals surface area contributed by atoms with Crippen LogP contribution in [-0.4, -0.2) is 60.9 Å². The Kier molecular flexibility index (Phi) is 4.47. The zero-order valence-electron chi connectivity index (χ0n) is 11.7. The molecule has 0 spiro atoms. The minimum Gasteiger partial charge on any atom is -0.375 e. The molecule has 0 aromatic carbocycles. The normalized spacial score (nSPS) is 15.5. The monoisotopic (exact) mass is 324 g/mol. The van der Waals surface area contributed by atoms with Crippen LogP contribution in [0.25, 0.3) is 9.88 Å². The number of piperazine rings is 1. The molecule has 3 heterocycles. The molecule has 3 rings (SSSR count). The Balaban J connectivity index is 1.61. The zero-order chi connectivity index (χ0) is 14.7. The average Bonchev–Trinajstić information content (AvgIpc) is 3.19. The fourth-order valence-corrected chi connectivity index (χ4v) is 3.89. The van der Waals surface area contributed by atoms with Gasteiger partial charge in [0.2, 0.25) is 11.0 Å². The highest BCUT2D eigenvalue weighted by atomic mass is 32.1. The standard InChI is InChI=1S/C13H16N4O2S2/c1-19-9-11(18)16-4-6-17(7-5-16)13-15-14-12(21-13)10-3-2-8-20-10/h2-3,8H,4-7,9H2,1H3. The van der Waals surface area contributed by atoms with Crippen LogP contribution in [0.3, 0.4) is 0 Å². The molecule has 0 N–H and O–H groups in total. The first-order valence-electron chi connectivity index (χ1n) is 6.67. The van der Waals surface area contributed by atoms with Crippen molar-refractivity contribution in [1.82, 2.24) is 15.1 Å². The lowest BCUT2D eigenvalue weighted by molar-refractivity contribution is -0.135. The van der Waals surface area contributed by atoms with Crippen LogP contribution in [-0.2, 0) is 9.53 Å². The van der Waals surface area contributed by atoms with Crippen LogP contribution in [0.1, 0.15) is 0 Å². The third-order valence-electron chi connectivity index (χ3n) is 3.32. The first-order valence-corrected chi connectivity index (χ1v) is 8.36. The SMILES string of the molecule is COCC(=O)N1CCN(c2nnc(-c3cccs3)s2)CC1. The number of nitrogens with zero attached hydrogens (tertiary/aromatic N) is 4. The van der Waals surface area contributed by atoms with Crippen molar-refractivity contribution in [2.75, 3.05) is 44.8 Å². The fourth-order valence-electron chi connectivity index (χ4n) is 2.20. The Bertz CT molecular complexity index is 591. The number of hydrogen-bond acceptors (Lipinski definition) is 7. The number of anilines is 1. The van der Waals surface area contributed by atoms with Gasteiger partial charge in [-0.05, 0) is 11.4 Å². The molecular formula is C13H16N4O2S2. The van der Waals surface area contributed by atoms with Crippen LogP contribution in [0.5, 0.6) is 0 Å². The van der Waals surface area contributed by atoms with Gasteiger partial charge < -0.3 is 14.5 Å². The van der Waals surface area contributed by atoms with Crippen molar-refractivity contribution < 1.29 is 9.53 Å². The van der Waals surface area contributed by atoms with E-state index < -0.39 is 0 Å². The van der Waals surface area contributed by atoms with Crippen molar-refractivity contribution in [2.45, 2.75) is 0 Å². The Hall–Kier alpha value is -1.51. The molecule has 6 nitrogen and oxygen atoms in total. The highest BCUT2D eigenvalue weighted by Gasteiger charge is 2.23. The van der Waals surface area contributed by atoms with Gasteiger partial charge in [-0.2, -0.15) is 0 Å². The minimum atomic E-state index is 0.0497. The minimum absolute atomic E-state index is 0.0497. The fraction of sp³-hybridized carbons (Fsp3) is 0.462. The lowest BCUT2D eigenvalue weighted by Gasteiger charge is -2.34. The van der Waals surface area contributed by atoms with Crippen molar-refractivity contribution in [1.29, 1.82) is 0 Å². The summed E-state index contributed by atoms with van der Waals surface area (Å²) < 4.78 is 4.89. The van der Waals surface area contributed by atoms with Crippen LogP contribution in [0.15, 0.2) is 17.5 Å². The van der Waals surface area contributed by atoms with E-state index in [1.54, 1.807) is 29.8 Å². The molecule has 112 valence electrons. The zero-order valence-corrected chi connectivity index (χ0v) is 13.3. The summed E-state index contributed by atoms with van der Waals surface area (Å²) in [6.45, 7) is 3.14. The number of aromatic nitrogens is 2. The van der Waals surface area contributed by atoms with Crippen LogP contribution in [0.2, 0.25) is 0 Å². The van der Waals surface area contributed by atoms with Crippen molar-refractivity contribution >= 4 is 33.7 Å². The summed E-state index contributed by atoms with van der Waals surface area (Å²) >= 11 is 3.27. The van der Waals surface area contributed by atoms with E-state index in [-0.39, 0.29) is 12.5 Å². The van der Waals surface area contributed by atoms with Gasteiger partial charge in [-0.1, -0.05) is 17.4 Å². The highest BCUT2D eigenvalue weighted by Crippen LogP contribution is 2.31. The molecule has 0 atom stereocenters. The second kappa shape index (κ2) is 6.50. The van der Waals surface area contributed by atoms with Crippen LogP contribution in [0.4, 0.5) is 5.13 Å². The van der Waals surface area contributed by atoms with Crippen LogP contribution >= 0.6 is 22.7 Å². The van der Waals surface area contributed by atoms with Gasteiger partial charge >= 0.3 is 0 Å². The molecule has 2 aromatic heterocycles. The van der Waals surface area contributed by atoms with E-state index in [4.69, 9.17) is 4.74 Å². The maximum atomic E-state index is 11.8. The van der Waals surface area contributed by atoms with Gasteiger partial charge in [0.1, 0.15) is 6.61 Å². The summed E-state index contributed by atoms with van der Waals surface area (Å²) in [4.78, 5) is 16.9. The van der Waals surface area contributed by atoms with E-state index >= 15 is 0 Å². The Morgan fingerprint density at radius 2 is 2.14 bits per heavy atom. The number of amides is 1. The lowest BCUT2D eigenvalue weighted by atomic mass is 10.3. The molecule has 1 fully saturated rings. The Morgan fingerprint density at radius 3 is 2.81 bits per heavy atom. The molecule has 0 saturated carbocycles. The second-order valence-corrected chi connectivity index (χ2v) is 6.57. The van der Waals surface area contributed by atoms with Gasteiger partial charge in [0.25, 0.3) is 0 Å². The molecule has 2 aromatic rings. The second-order valence-electron chi connectivity index (χ2n) is 4.67. The van der Waals surface area contributed by atoms with Gasteiger partial charge in [-0.25, -0.2) is 0 Å². The molecule has 1 aliphatic rings. The molecule has 0 bridgehead atoms. The molecule has 0 unspecified atom stereocenters. The number of thiophene rings is 1. The summed E-state index contributed by atoms with van der Waals surface area (Å²) in [6, 6.07) is 4.07. The van der Waals surface area contributed by atoms with Crippen LogP contribution < -0.4 is 4.90 Å². The van der Waals surface area contributed by atoms with Crippen molar-refractivity contribution in [3.63, 3.8) is 0 Å². The number of hydrogen-bond donors (Lipinski definition) is 0. The number of carbonyl (C=O) groups excluding carboxylic acids is 1. The topological polar surface area (TPSA) is 58.6 Å². The summed E-state index contributed by atoms with van der Waals surface area (Å²) in [5, 5.41) is 12.5. The van der Waals surface area contributed by atoms with E-state index in [0.29, 0.717) is 13.1 Å². The number of carbonyl (C=O) groups is 1. The van der Waals surface area contributed by atoms with E-state index in [1.165, 1.54) is 0 Å². The lowest BCUT2D eigenvalue weighted by Crippen LogP contribution is -2.49. The van der Waals surface area contributed by atoms with E-state index in [1.807, 2.05) is 16.3 Å². The largest absolute Gasteiger partial charge is 0.375 e. The molecule has 0 radical (unpaired) electrons. The molecule has 1 amide bonds. The predicted octanol–water partition coefficient (Wildman–Crippen LogP) is 1.56. The maximum Gasteiger partial charge on any atom is 0.248 e. The van der Waals surface area contributed by atoms with Crippen molar-refractivity contribution in [3.8, 4) is 9.88 Å². The van der Waals surface area contributed by atoms with Gasteiger partial charge in [0.15, 0.2) is 5.01 Å². The van der Waals surface area contributed by atoms with Crippen molar-refractivity contribution in [3.05, 3.63) is 17.5 Å². The summed E-state index contributed by atoms with van der Waals surface area (Å²) in [5.41, 5.74) is 0. The quantitative estimate of drug-likeness (QED) is 0.854. The number of ether oxygens (including phenoxy) is 1. The van der Waals surface area contributed by atoms with Gasteiger partial charge in [0, 0.05) is 33.3 Å². The third-order valence-corrected chi connectivity index (χ3v) is 5.34. The van der Waals surface area contributed by atoms with E-state index in [0.717, 1.165) is 28.1 Å². The predicted molar refractivity (Wildman–Crippen MR) is 83.9 cm³/mol. The van der Waals surface area contributed by atoms with Crippen molar-refractivity contribution in [2.24, 2.45) is 0 Å². The first-order chi connectivity index (χ1) is 10.3. The van der Waals surface area contributed by atoms with E-state index in [9.17, 15) is 4.79 Å². The van der Waals surface area contributed by atoms with Gasteiger partial charge in [0.05, 0.1) is 4.88 Å². The summed E-state index contributed by atoms with van der Waals surface area (Å²) in [7, 11) is 1.54. The third kappa shape index (κ3) is 3.22. The first kappa shape index (κ1) is 14.4. The number of methoxy groups -OCH3 is 1. The molecular weight excluding hydrogens is 308 g/mol. The molecule has 1 aliphatic heterocycles. The van der Waals surface area contributed by atoms with E-state index in [2.05, 4.69) is 21.2 Å². The molecule has 8 heteroatoms. The maximum absolute atomic E-state index is 11.8. The Morgan fingerprint density at radius 1 is 1.33 bits per heavy atom. The van der Waals surface area contributed by atoms with Crippen LogP contribution in [0, 0.1) is 0 Å². The highest BCUT2D eigenvalue weighted by molar-refractivity contribution is 7.22.